The quantitative estimate of drug-likeness (QED) is 0.118. The zero-order valence-corrected chi connectivity index (χ0v) is 22.3. The van der Waals surface area contributed by atoms with Gasteiger partial charge in [0.05, 0.1) is 12.1 Å². The third-order valence-electron chi connectivity index (χ3n) is 6.10. The highest BCUT2D eigenvalue weighted by Gasteiger charge is 2.32. The molecule has 2 rings (SSSR count). The SMILES string of the molecule is CC(O)C(NC(=O)C(CCC(N)=O)NC(=O)C(Cc1ccc(O)cc1)NC(=O)C(N)Cc1ccc(O)cc1)C(=O)O. The van der Waals surface area contributed by atoms with Crippen molar-refractivity contribution in [2.75, 3.05) is 0 Å². The maximum Gasteiger partial charge on any atom is 0.328 e. The average Bonchev–Trinajstić information content (AvgIpc) is 2.90. The Hall–Kier alpha value is -4.69. The summed E-state index contributed by atoms with van der Waals surface area (Å²) in [6.45, 7) is 1.15. The Balaban J connectivity index is 2.26. The summed E-state index contributed by atoms with van der Waals surface area (Å²) in [5.74, 6) is -4.83. The summed E-state index contributed by atoms with van der Waals surface area (Å²) in [5, 5.41) is 45.1. The van der Waals surface area contributed by atoms with Crippen LogP contribution in [0.2, 0.25) is 0 Å². The molecule has 222 valence electrons. The topological polar surface area (TPSA) is 254 Å². The first-order valence-corrected chi connectivity index (χ1v) is 12.7. The van der Waals surface area contributed by atoms with Gasteiger partial charge in [0, 0.05) is 12.8 Å². The minimum Gasteiger partial charge on any atom is -0.508 e. The summed E-state index contributed by atoms with van der Waals surface area (Å²) in [5.41, 5.74) is 12.4. The zero-order chi connectivity index (χ0) is 30.7. The Morgan fingerprint density at radius 1 is 0.756 bits per heavy atom. The van der Waals surface area contributed by atoms with Crippen LogP contribution in [0.15, 0.2) is 48.5 Å². The Bertz CT molecular complexity index is 1220. The van der Waals surface area contributed by atoms with Crippen LogP contribution in [0.1, 0.15) is 30.9 Å². The second kappa shape index (κ2) is 15.2. The van der Waals surface area contributed by atoms with Gasteiger partial charge in [-0.05, 0) is 55.2 Å². The molecule has 5 atom stereocenters. The number of nitrogens with one attached hydrogen (secondary N) is 3. The van der Waals surface area contributed by atoms with Gasteiger partial charge in [-0.25, -0.2) is 4.79 Å². The van der Waals surface area contributed by atoms with E-state index in [0.717, 1.165) is 6.92 Å². The number of carbonyl (C=O) groups is 5. The molecule has 0 radical (unpaired) electrons. The summed E-state index contributed by atoms with van der Waals surface area (Å²) < 4.78 is 0. The van der Waals surface area contributed by atoms with Crippen LogP contribution in [-0.4, -0.2) is 80.3 Å². The first-order chi connectivity index (χ1) is 19.3. The highest BCUT2D eigenvalue weighted by molar-refractivity contribution is 5.94. The maximum atomic E-state index is 13.4. The highest BCUT2D eigenvalue weighted by Crippen LogP contribution is 2.13. The number of aliphatic carboxylic acids is 1. The van der Waals surface area contributed by atoms with Crippen molar-refractivity contribution in [1.29, 1.82) is 0 Å². The van der Waals surface area contributed by atoms with Crippen LogP contribution in [0.3, 0.4) is 0 Å². The van der Waals surface area contributed by atoms with Gasteiger partial charge in [-0.3, -0.25) is 19.2 Å². The number of aromatic hydroxyl groups is 2. The smallest absolute Gasteiger partial charge is 0.328 e. The first-order valence-electron chi connectivity index (χ1n) is 12.7. The molecule has 14 heteroatoms. The van der Waals surface area contributed by atoms with E-state index in [4.69, 9.17) is 11.5 Å². The Morgan fingerprint density at radius 2 is 1.22 bits per heavy atom. The van der Waals surface area contributed by atoms with Crippen LogP contribution in [0.4, 0.5) is 0 Å². The second-order valence-electron chi connectivity index (χ2n) is 9.54. The molecule has 0 spiro atoms. The standard InChI is InChI=1S/C27H35N5O9/c1-14(33)23(27(40)41)32-25(38)20(10-11-22(29)36)30-26(39)21(13-16-4-8-18(35)9-5-16)31-24(37)19(28)12-15-2-6-17(34)7-3-15/h2-9,14,19-21,23,33-35H,10-13,28H2,1H3,(H2,29,36)(H,30,39)(H,31,37)(H,32,38)(H,40,41). The number of phenols is 2. The number of amides is 4. The molecular weight excluding hydrogens is 538 g/mol. The van der Waals surface area contributed by atoms with Gasteiger partial charge in [0.25, 0.3) is 0 Å². The van der Waals surface area contributed by atoms with Crippen LogP contribution in [0.5, 0.6) is 11.5 Å². The van der Waals surface area contributed by atoms with E-state index in [1.165, 1.54) is 36.4 Å². The number of carboxylic acids is 1. The molecule has 0 saturated heterocycles. The summed E-state index contributed by atoms with van der Waals surface area (Å²) in [6.07, 6.45) is -2.10. The number of nitrogens with two attached hydrogens (primary N) is 2. The minimum atomic E-state index is -1.69. The van der Waals surface area contributed by atoms with Crippen LogP contribution in [0, 0.1) is 0 Å². The number of hydrogen-bond acceptors (Lipinski definition) is 9. The van der Waals surface area contributed by atoms with Crippen LogP contribution < -0.4 is 27.4 Å². The summed E-state index contributed by atoms with van der Waals surface area (Å²) in [6, 6.07) is 6.34. The largest absolute Gasteiger partial charge is 0.508 e. The predicted molar refractivity (Wildman–Crippen MR) is 145 cm³/mol. The van der Waals surface area contributed by atoms with E-state index in [-0.39, 0.29) is 37.2 Å². The molecule has 0 aliphatic rings. The molecule has 0 fully saturated rings. The Kier molecular flexibility index (Phi) is 12.0. The normalized spacial score (nSPS) is 14.5. The number of phenolic OH excluding ortho intramolecular Hbond substituents is 2. The predicted octanol–water partition coefficient (Wildman–Crippen LogP) is -1.60. The maximum absolute atomic E-state index is 13.4. The molecule has 0 heterocycles. The van der Waals surface area contributed by atoms with Gasteiger partial charge < -0.3 is 47.8 Å². The lowest BCUT2D eigenvalue weighted by Crippen LogP contribution is -2.58. The summed E-state index contributed by atoms with van der Waals surface area (Å²) >= 11 is 0. The molecule has 0 aliphatic heterocycles. The molecule has 0 saturated carbocycles. The lowest BCUT2D eigenvalue weighted by Gasteiger charge is -2.26. The van der Waals surface area contributed by atoms with Crippen molar-refractivity contribution in [2.45, 2.75) is 62.9 Å². The highest BCUT2D eigenvalue weighted by atomic mass is 16.4. The molecule has 4 amide bonds. The van der Waals surface area contributed by atoms with Gasteiger partial charge in [0.1, 0.15) is 23.6 Å². The third-order valence-corrected chi connectivity index (χ3v) is 6.10. The number of aliphatic hydroxyl groups is 1. The molecule has 0 aliphatic carbocycles. The molecule has 14 nitrogen and oxygen atoms in total. The van der Waals surface area contributed by atoms with Crippen LogP contribution in [-0.2, 0) is 36.8 Å². The summed E-state index contributed by atoms with van der Waals surface area (Å²) in [7, 11) is 0. The number of hydrogen-bond donors (Lipinski definition) is 9. The van der Waals surface area contributed by atoms with E-state index >= 15 is 0 Å². The Morgan fingerprint density at radius 3 is 1.68 bits per heavy atom. The monoisotopic (exact) mass is 573 g/mol. The third kappa shape index (κ3) is 10.8. The fraction of sp³-hybridized carbons (Fsp3) is 0.370. The van der Waals surface area contributed by atoms with Crippen molar-refractivity contribution < 1.29 is 44.4 Å². The zero-order valence-electron chi connectivity index (χ0n) is 22.3. The van der Waals surface area contributed by atoms with Crippen molar-refractivity contribution in [3.05, 3.63) is 59.7 Å². The molecule has 11 N–H and O–H groups in total. The van der Waals surface area contributed by atoms with Crippen molar-refractivity contribution >= 4 is 29.6 Å². The van der Waals surface area contributed by atoms with Gasteiger partial charge in [0.15, 0.2) is 6.04 Å². The lowest BCUT2D eigenvalue weighted by atomic mass is 10.0. The number of benzene rings is 2. The van der Waals surface area contributed by atoms with E-state index in [0.29, 0.717) is 11.1 Å². The molecule has 41 heavy (non-hydrogen) atoms. The molecule has 5 unspecified atom stereocenters. The number of rotatable bonds is 15. The van der Waals surface area contributed by atoms with Crippen molar-refractivity contribution in [1.82, 2.24) is 16.0 Å². The second-order valence-corrected chi connectivity index (χ2v) is 9.54. The fourth-order valence-corrected chi connectivity index (χ4v) is 3.80. The fourth-order valence-electron chi connectivity index (χ4n) is 3.80. The number of carbonyl (C=O) groups excluding carboxylic acids is 4. The van der Waals surface area contributed by atoms with E-state index < -0.39 is 59.9 Å². The number of primary amides is 1. The van der Waals surface area contributed by atoms with E-state index in [1.54, 1.807) is 12.1 Å². The number of aliphatic hydroxyl groups excluding tert-OH is 1. The van der Waals surface area contributed by atoms with E-state index in [1.807, 2.05) is 0 Å². The van der Waals surface area contributed by atoms with Gasteiger partial charge in [-0.1, -0.05) is 24.3 Å². The van der Waals surface area contributed by atoms with Crippen molar-refractivity contribution in [2.24, 2.45) is 11.5 Å². The van der Waals surface area contributed by atoms with E-state index in [9.17, 15) is 44.4 Å². The lowest BCUT2D eigenvalue weighted by molar-refractivity contribution is -0.145. The molecule has 0 bridgehead atoms. The van der Waals surface area contributed by atoms with Gasteiger partial charge in [-0.15, -0.1) is 0 Å². The average molecular weight is 574 g/mol. The Labute approximate surface area is 235 Å². The van der Waals surface area contributed by atoms with Crippen molar-refractivity contribution in [3.63, 3.8) is 0 Å². The molecule has 2 aromatic carbocycles. The molecule has 2 aromatic rings. The minimum absolute atomic E-state index is 0.0241. The molecular formula is C27H35N5O9. The van der Waals surface area contributed by atoms with Crippen LogP contribution in [0.25, 0.3) is 0 Å². The van der Waals surface area contributed by atoms with E-state index in [2.05, 4.69) is 16.0 Å². The molecule has 0 aromatic heterocycles. The van der Waals surface area contributed by atoms with Gasteiger partial charge >= 0.3 is 5.97 Å². The van der Waals surface area contributed by atoms with Crippen molar-refractivity contribution in [3.8, 4) is 11.5 Å². The summed E-state index contributed by atoms with van der Waals surface area (Å²) in [4.78, 5) is 62.0. The van der Waals surface area contributed by atoms with Gasteiger partial charge in [-0.2, -0.15) is 0 Å². The van der Waals surface area contributed by atoms with Crippen LogP contribution >= 0.6 is 0 Å². The van der Waals surface area contributed by atoms with Gasteiger partial charge in [0.2, 0.25) is 23.6 Å². The first kappa shape index (κ1) is 32.5. The number of carboxylic acid groups (broad SMARTS) is 1.